The van der Waals surface area contributed by atoms with Gasteiger partial charge in [0, 0.05) is 30.6 Å². The normalized spacial score (nSPS) is 22.0. The third kappa shape index (κ3) is 3.88. The summed E-state index contributed by atoms with van der Waals surface area (Å²) in [4.78, 5) is 40.5. The number of carbonyl (C=O) groups is 2. The van der Waals surface area contributed by atoms with Crippen molar-refractivity contribution in [3.05, 3.63) is 76.0 Å². The zero-order valence-electron chi connectivity index (χ0n) is 18.6. The van der Waals surface area contributed by atoms with E-state index in [1.807, 2.05) is 12.1 Å². The smallest absolute Gasteiger partial charge is 0.337 e. The van der Waals surface area contributed by atoms with E-state index in [9.17, 15) is 27.6 Å². The Bertz CT molecular complexity index is 1610. The third-order valence-corrected chi connectivity index (χ3v) is 6.76. The number of imide groups is 1. The average molecular weight is 496 g/mol. The lowest BCUT2D eigenvalue weighted by molar-refractivity contribution is -0.140. The number of carbonyl (C=O) groups excluding carboxylic acids is 2. The van der Waals surface area contributed by atoms with Crippen molar-refractivity contribution in [3.63, 3.8) is 0 Å². The lowest BCUT2D eigenvalue weighted by Gasteiger charge is -2.22. The highest BCUT2D eigenvalue weighted by atomic mass is 19.4. The molecule has 12 heteroatoms. The SMILES string of the molecule is O=C1NCC(c2cc([C@H]3C[C@@H]3c3ccc4ccc(=O)n(CC(F)(F)F)c4c3)c3nccn3n2)C(=O)N1. The number of aromatic nitrogens is 4. The summed E-state index contributed by atoms with van der Waals surface area (Å²) in [6.07, 6.45) is -0.533. The Labute approximate surface area is 200 Å². The molecule has 3 atom stereocenters. The zero-order valence-corrected chi connectivity index (χ0v) is 18.6. The van der Waals surface area contributed by atoms with Gasteiger partial charge < -0.3 is 5.32 Å². The highest BCUT2D eigenvalue weighted by molar-refractivity contribution is 6.00. The molecule has 184 valence electrons. The fourth-order valence-corrected chi connectivity index (χ4v) is 4.96. The minimum Gasteiger partial charge on any atom is -0.337 e. The van der Waals surface area contributed by atoms with Crippen molar-refractivity contribution in [3.8, 4) is 0 Å². The van der Waals surface area contributed by atoms with Gasteiger partial charge in [0.05, 0.1) is 17.1 Å². The van der Waals surface area contributed by atoms with Crippen LogP contribution < -0.4 is 16.2 Å². The van der Waals surface area contributed by atoms with E-state index < -0.39 is 36.1 Å². The van der Waals surface area contributed by atoms with Crippen LogP contribution in [0.4, 0.5) is 18.0 Å². The summed E-state index contributed by atoms with van der Waals surface area (Å²) >= 11 is 0. The van der Waals surface area contributed by atoms with Gasteiger partial charge in [-0.1, -0.05) is 12.1 Å². The zero-order chi connectivity index (χ0) is 25.2. The monoisotopic (exact) mass is 496 g/mol. The third-order valence-electron chi connectivity index (χ3n) is 6.76. The molecule has 9 nitrogen and oxygen atoms in total. The second kappa shape index (κ2) is 7.90. The topological polar surface area (TPSA) is 110 Å². The van der Waals surface area contributed by atoms with Crippen molar-refractivity contribution < 1.29 is 22.8 Å². The molecule has 2 N–H and O–H groups in total. The number of imidazole rings is 1. The summed E-state index contributed by atoms with van der Waals surface area (Å²) in [7, 11) is 0. The highest BCUT2D eigenvalue weighted by Crippen LogP contribution is 2.55. The number of hydrogen-bond acceptors (Lipinski definition) is 5. The first kappa shape index (κ1) is 22.3. The molecule has 0 radical (unpaired) electrons. The van der Waals surface area contributed by atoms with Gasteiger partial charge in [-0.15, -0.1) is 0 Å². The Morgan fingerprint density at radius 1 is 1.06 bits per heavy atom. The van der Waals surface area contributed by atoms with Crippen LogP contribution in [0.15, 0.2) is 53.6 Å². The van der Waals surface area contributed by atoms with Gasteiger partial charge in [0.25, 0.3) is 5.56 Å². The van der Waals surface area contributed by atoms with Crippen molar-refractivity contribution in [1.29, 1.82) is 0 Å². The number of urea groups is 1. The molecule has 1 saturated carbocycles. The Balaban J connectivity index is 1.37. The van der Waals surface area contributed by atoms with Gasteiger partial charge in [0.2, 0.25) is 5.91 Å². The number of amides is 3. The van der Waals surface area contributed by atoms with E-state index in [2.05, 4.69) is 20.7 Å². The lowest BCUT2D eigenvalue weighted by Crippen LogP contribution is -2.51. The largest absolute Gasteiger partial charge is 0.406 e. The first-order valence-electron chi connectivity index (χ1n) is 11.3. The van der Waals surface area contributed by atoms with Crippen LogP contribution in [-0.2, 0) is 11.3 Å². The number of rotatable bonds is 4. The quantitative estimate of drug-likeness (QED) is 0.452. The summed E-state index contributed by atoms with van der Waals surface area (Å²) in [6, 6.07) is 9.18. The minimum atomic E-state index is -4.53. The van der Waals surface area contributed by atoms with E-state index >= 15 is 0 Å². The first-order chi connectivity index (χ1) is 17.2. The maximum Gasteiger partial charge on any atom is 0.406 e. The van der Waals surface area contributed by atoms with E-state index in [1.54, 1.807) is 29.0 Å². The fraction of sp³-hybridized carbons (Fsp3) is 0.292. The van der Waals surface area contributed by atoms with Gasteiger partial charge in [-0.25, -0.2) is 14.3 Å². The number of fused-ring (bicyclic) bond motifs is 2. The van der Waals surface area contributed by atoms with Crippen molar-refractivity contribution in [1.82, 2.24) is 29.8 Å². The van der Waals surface area contributed by atoms with Crippen molar-refractivity contribution in [2.75, 3.05) is 6.54 Å². The second-order valence-corrected chi connectivity index (χ2v) is 9.11. The van der Waals surface area contributed by atoms with Crippen LogP contribution in [0.2, 0.25) is 0 Å². The van der Waals surface area contributed by atoms with Gasteiger partial charge in [-0.3, -0.25) is 19.5 Å². The maximum absolute atomic E-state index is 13.1. The second-order valence-electron chi connectivity index (χ2n) is 9.11. The number of benzene rings is 1. The Kier molecular flexibility index (Phi) is 4.88. The van der Waals surface area contributed by atoms with Gasteiger partial charge in [0.15, 0.2) is 5.65 Å². The number of pyridine rings is 1. The van der Waals surface area contributed by atoms with Gasteiger partial charge in [0.1, 0.15) is 6.54 Å². The molecule has 4 heterocycles. The standard InChI is InChI=1S/C24H19F3N6O3/c25-24(26,27)11-32-19-7-13(2-1-12(19)3-4-20(32)34)14-8-15(14)16-9-18(31-33-6-5-28-21(16)33)17-10-29-23(36)30-22(17)35/h1-7,9,14-15,17H,8,10-11H2,(H2,29,30,35,36)/t14-,15+,17?/m1/s1. The summed E-state index contributed by atoms with van der Waals surface area (Å²) in [5.41, 5.74) is 2.32. The van der Waals surface area contributed by atoms with Crippen molar-refractivity contribution in [2.24, 2.45) is 0 Å². The van der Waals surface area contributed by atoms with Crippen LogP contribution in [0.25, 0.3) is 16.6 Å². The van der Waals surface area contributed by atoms with E-state index in [1.165, 1.54) is 6.07 Å². The van der Waals surface area contributed by atoms with Crippen LogP contribution in [-0.4, -0.2) is 43.8 Å². The molecular formula is C24H19F3N6O3. The molecule has 2 aliphatic rings. The molecule has 36 heavy (non-hydrogen) atoms. The molecule has 3 amide bonds. The van der Waals surface area contributed by atoms with Crippen molar-refractivity contribution >= 4 is 28.5 Å². The molecule has 4 aromatic rings. The van der Waals surface area contributed by atoms with Crippen LogP contribution in [0, 0.1) is 0 Å². The number of nitrogens with one attached hydrogen (secondary N) is 2. The van der Waals surface area contributed by atoms with Gasteiger partial charge in [-0.05, 0) is 47.4 Å². The molecule has 0 bridgehead atoms. The van der Waals surface area contributed by atoms with E-state index in [0.29, 0.717) is 16.7 Å². The molecule has 6 rings (SSSR count). The fourth-order valence-electron chi connectivity index (χ4n) is 4.96. The van der Waals surface area contributed by atoms with E-state index in [-0.39, 0.29) is 23.9 Å². The molecule has 1 unspecified atom stereocenters. The number of halogens is 3. The number of hydrogen-bond donors (Lipinski definition) is 2. The van der Waals surface area contributed by atoms with Crippen LogP contribution in [0.5, 0.6) is 0 Å². The molecule has 1 aromatic carbocycles. The summed E-state index contributed by atoms with van der Waals surface area (Å²) in [5, 5.41) is 9.90. The molecule has 0 spiro atoms. The summed E-state index contributed by atoms with van der Waals surface area (Å²) < 4.78 is 41.7. The van der Waals surface area contributed by atoms with E-state index in [0.717, 1.165) is 28.2 Å². The van der Waals surface area contributed by atoms with Crippen LogP contribution in [0.3, 0.4) is 0 Å². The van der Waals surface area contributed by atoms with Crippen molar-refractivity contribution in [2.45, 2.75) is 36.9 Å². The van der Waals surface area contributed by atoms with Crippen LogP contribution in [0.1, 0.15) is 41.0 Å². The maximum atomic E-state index is 13.1. The van der Waals surface area contributed by atoms with Crippen LogP contribution >= 0.6 is 0 Å². The first-order valence-corrected chi connectivity index (χ1v) is 11.3. The molecule has 1 saturated heterocycles. The minimum absolute atomic E-state index is 0.000296. The highest BCUT2D eigenvalue weighted by Gasteiger charge is 2.42. The molecule has 2 fully saturated rings. The Morgan fingerprint density at radius 2 is 1.86 bits per heavy atom. The summed E-state index contributed by atoms with van der Waals surface area (Å²) in [5.74, 6) is -1.11. The molecular weight excluding hydrogens is 477 g/mol. The van der Waals surface area contributed by atoms with E-state index in [4.69, 9.17) is 0 Å². The van der Waals surface area contributed by atoms with Gasteiger partial charge in [-0.2, -0.15) is 18.3 Å². The van der Waals surface area contributed by atoms with Gasteiger partial charge >= 0.3 is 12.2 Å². The predicted octanol–water partition coefficient (Wildman–Crippen LogP) is 2.80. The number of alkyl halides is 3. The lowest BCUT2D eigenvalue weighted by atomic mass is 9.98. The Hall–Kier alpha value is -4.22. The molecule has 3 aromatic heterocycles. The molecule has 1 aliphatic carbocycles. The molecule has 1 aliphatic heterocycles. The summed E-state index contributed by atoms with van der Waals surface area (Å²) in [6.45, 7) is -1.24. The predicted molar refractivity (Wildman–Crippen MR) is 122 cm³/mol. The number of nitrogens with zero attached hydrogens (tertiary/aromatic N) is 4. The Morgan fingerprint density at radius 3 is 2.64 bits per heavy atom. The average Bonchev–Trinajstić information content (AvgIpc) is 3.47.